The Morgan fingerprint density at radius 1 is 1.29 bits per heavy atom. The van der Waals surface area contributed by atoms with E-state index in [4.69, 9.17) is 9.84 Å². The molecule has 6 nitrogen and oxygen atoms in total. The van der Waals surface area contributed by atoms with Crippen LogP contribution in [0.1, 0.15) is 12.0 Å². The fourth-order valence-electron chi connectivity index (χ4n) is 2.56. The summed E-state index contributed by atoms with van der Waals surface area (Å²) in [4.78, 5) is 23.7. The number of aliphatic carboxylic acids is 2. The molecule has 1 aromatic rings. The minimum Gasteiger partial charge on any atom is -0.481 e. The third-order valence-electron chi connectivity index (χ3n) is 3.57. The van der Waals surface area contributed by atoms with Crippen LogP contribution in [0.25, 0.3) is 0 Å². The van der Waals surface area contributed by atoms with Gasteiger partial charge in [-0.1, -0.05) is 30.3 Å². The number of hydrogen-bond acceptors (Lipinski definition) is 4. The Morgan fingerprint density at radius 2 is 2.00 bits per heavy atom. The Morgan fingerprint density at radius 3 is 2.62 bits per heavy atom. The van der Waals surface area contributed by atoms with Gasteiger partial charge in [0, 0.05) is 13.1 Å². The second-order valence-corrected chi connectivity index (χ2v) is 5.13. The van der Waals surface area contributed by atoms with Crippen molar-refractivity contribution in [2.45, 2.75) is 25.0 Å². The molecule has 0 bridgehead atoms. The monoisotopic (exact) mass is 293 g/mol. The van der Waals surface area contributed by atoms with Gasteiger partial charge in [0.05, 0.1) is 19.1 Å². The van der Waals surface area contributed by atoms with Crippen molar-refractivity contribution >= 4 is 11.9 Å². The smallest absolute Gasteiger partial charge is 0.321 e. The van der Waals surface area contributed by atoms with Crippen molar-refractivity contribution < 1.29 is 24.5 Å². The van der Waals surface area contributed by atoms with Crippen LogP contribution in [0.15, 0.2) is 30.3 Å². The molecule has 0 aromatic heterocycles. The van der Waals surface area contributed by atoms with E-state index in [0.717, 1.165) is 5.56 Å². The van der Waals surface area contributed by atoms with Gasteiger partial charge in [-0.05, 0) is 12.0 Å². The van der Waals surface area contributed by atoms with Gasteiger partial charge in [-0.3, -0.25) is 14.5 Å². The van der Waals surface area contributed by atoms with Crippen molar-refractivity contribution in [1.82, 2.24) is 4.90 Å². The van der Waals surface area contributed by atoms with Gasteiger partial charge in [0.15, 0.2) is 0 Å². The molecule has 1 aliphatic heterocycles. The summed E-state index contributed by atoms with van der Waals surface area (Å²) in [7, 11) is 0. The van der Waals surface area contributed by atoms with Crippen LogP contribution in [0.3, 0.4) is 0 Å². The van der Waals surface area contributed by atoms with E-state index < -0.39 is 24.4 Å². The van der Waals surface area contributed by atoms with Crippen LogP contribution in [-0.4, -0.2) is 58.9 Å². The number of carboxylic acid groups (broad SMARTS) is 2. The lowest BCUT2D eigenvalue weighted by Crippen LogP contribution is -2.51. The maximum Gasteiger partial charge on any atom is 0.321 e. The molecular weight excluding hydrogens is 274 g/mol. The number of nitrogens with zero attached hydrogens (tertiary/aromatic N) is 1. The zero-order chi connectivity index (χ0) is 15.2. The van der Waals surface area contributed by atoms with E-state index in [1.165, 1.54) is 0 Å². The summed E-state index contributed by atoms with van der Waals surface area (Å²) < 4.78 is 5.66. The first kappa shape index (κ1) is 15.5. The van der Waals surface area contributed by atoms with E-state index in [1.54, 1.807) is 4.90 Å². The zero-order valence-corrected chi connectivity index (χ0v) is 11.6. The molecule has 6 heteroatoms. The first-order valence-corrected chi connectivity index (χ1v) is 6.90. The largest absolute Gasteiger partial charge is 0.481 e. The number of ether oxygens (including phenoxy) is 1. The number of rotatable bonds is 6. The molecule has 2 rings (SSSR count). The van der Waals surface area contributed by atoms with E-state index in [2.05, 4.69) is 0 Å². The third-order valence-corrected chi connectivity index (χ3v) is 3.57. The van der Waals surface area contributed by atoms with Crippen molar-refractivity contribution in [3.8, 4) is 0 Å². The minimum absolute atomic E-state index is 0.114. The Balaban J connectivity index is 1.98. The normalized spacial score (nSPS) is 20.9. The molecule has 1 aliphatic rings. The predicted molar refractivity (Wildman–Crippen MR) is 75.1 cm³/mol. The van der Waals surface area contributed by atoms with Crippen LogP contribution in [0.2, 0.25) is 0 Å². The van der Waals surface area contributed by atoms with Crippen molar-refractivity contribution in [3.63, 3.8) is 0 Å². The number of hydrogen-bond donors (Lipinski definition) is 2. The van der Waals surface area contributed by atoms with Crippen LogP contribution in [0.5, 0.6) is 0 Å². The number of carbonyl (C=O) groups is 2. The maximum atomic E-state index is 11.3. The standard InChI is InChI=1S/C15H19NO5/c17-14(18)9-13(15(19)20)16-6-7-21-12(10-16)8-11-4-2-1-3-5-11/h1-5,12-13H,6-10H2,(H,17,18)(H,19,20). The van der Waals surface area contributed by atoms with Crippen LogP contribution in [0.4, 0.5) is 0 Å². The average Bonchev–Trinajstić information content (AvgIpc) is 2.45. The van der Waals surface area contributed by atoms with Crippen molar-refractivity contribution in [2.24, 2.45) is 0 Å². The highest BCUT2D eigenvalue weighted by atomic mass is 16.5. The average molecular weight is 293 g/mol. The SMILES string of the molecule is O=C(O)CC(C(=O)O)N1CCOC(Cc2ccccc2)C1. The molecular formula is C15H19NO5. The number of carboxylic acids is 2. The molecule has 0 spiro atoms. The summed E-state index contributed by atoms with van der Waals surface area (Å²) in [5, 5.41) is 18.0. The summed E-state index contributed by atoms with van der Waals surface area (Å²) >= 11 is 0. The lowest BCUT2D eigenvalue weighted by atomic mass is 10.0. The highest BCUT2D eigenvalue weighted by Crippen LogP contribution is 2.15. The van der Waals surface area contributed by atoms with Gasteiger partial charge >= 0.3 is 11.9 Å². The topological polar surface area (TPSA) is 87.1 Å². The lowest BCUT2D eigenvalue weighted by molar-refractivity contribution is -0.153. The second kappa shape index (κ2) is 7.19. The van der Waals surface area contributed by atoms with Crippen LogP contribution >= 0.6 is 0 Å². The van der Waals surface area contributed by atoms with E-state index in [9.17, 15) is 14.7 Å². The van der Waals surface area contributed by atoms with Crippen LogP contribution in [-0.2, 0) is 20.7 Å². The Hall–Kier alpha value is -1.92. The fourth-order valence-corrected chi connectivity index (χ4v) is 2.56. The summed E-state index contributed by atoms with van der Waals surface area (Å²) in [6, 6.07) is 8.82. The van der Waals surface area contributed by atoms with Gasteiger partial charge in [0.2, 0.25) is 0 Å². The van der Waals surface area contributed by atoms with E-state index >= 15 is 0 Å². The summed E-state index contributed by atoms with van der Waals surface area (Å²) in [5.74, 6) is -2.20. The molecule has 1 saturated heterocycles. The third kappa shape index (κ3) is 4.54. The van der Waals surface area contributed by atoms with Gasteiger partial charge in [-0.25, -0.2) is 0 Å². The zero-order valence-electron chi connectivity index (χ0n) is 11.6. The molecule has 0 radical (unpaired) electrons. The molecule has 0 aliphatic carbocycles. The molecule has 21 heavy (non-hydrogen) atoms. The first-order valence-electron chi connectivity index (χ1n) is 6.90. The Bertz CT molecular complexity index is 490. The minimum atomic E-state index is -1.10. The van der Waals surface area contributed by atoms with Crippen molar-refractivity contribution in [1.29, 1.82) is 0 Å². The lowest BCUT2D eigenvalue weighted by Gasteiger charge is -2.36. The van der Waals surface area contributed by atoms with Crippen LogP contribution < -0.4 is 0 Å². The Kier molecular flexibility index (Phi) is 5.30. The highest BCUT2D eigenvalue weighted by molar-refractivity contribution is 5.80. The van der Waals surface area contributed by atoms with Gasteiger partial charge in [0.25, 0.3) is 0 Å². The molecule has 2 atom stereocenters. The summed E-state index contributed by atoms with van der Waals surface area (Å²) in [6.45, 7) is 1.29. The maximum absolute atomic E-state index is 11.3. The molecule has 0 amide bonds. The highest BCUT2D eigenvalue weighted by Gasteiger charge is 2.32. The van der Waals surface area contributed by atoms with E-state index in [0.29, 0.717) is 26.1 Å². The number of morpholine rings is 1. The van der Waals surface area contributed by atoms with Crippen LogP contribution in [0, 0.1) is 0 Å². The molecule has 114 valence electrons. The van der Waals surface area contributed by atoms with Gasteiger partial charge in [-0.2, -0.15) is 0 Å². The molecule has 2 N–H and O–H groups in total. The van der Waals surface area contributed by atoms with E-state index in [-0.39, 0.29) is 6.10 Å². The molecule has 1 aromatic carbocycles. The molecule has 0 saturated carbocycles. The van der Waals surface area contributed by atoms with E-state index in [1.807, 2.05) is 30.3 Å². The fraction of sp³-hybridized carbons (Fsp3) is 0.467. The predicted octanol–water partition coefficient (Wildman–Crippen LogP) is 0.858. The summed E-state index contributed by atoms with van der Waals surface area (Å²) in [5.41, 5.74) is 1.12. The van der Waals surface area contributed by atoms with Crippen molar-refractivity contribution in [2.75, 3.05) is 19.7 Å². The molecule has 1 fully saturated rings. The van der Waals surface area contributed by atoms with Gasteiger partial charge < -0.3 is 14.9 Å². The second-order valence-electron chi connectivity index (χ2n) is 5.13. The molecule has 1 heterocycles. The van der Waals surface area contributed by atoms with Gasteiger partial charge in [0.1, 0.15) is 6.04 Å². The number of benzene rings is 1. The summed E-state index contributed by atoms with van der Waals surface area (Å²) in [6.07, 6.45) is 0.182. The molecule has 2 unspecified atom stereocenters. The first-order chi connectivity index (χ1) is 10.1. The Labute approximate surface area is 122 Å². The quantitative estimate of drug-likeness (QED) is 0.809. The van der Waals surface area contributed by atoms with Crippen molar-refractivity contribution in [3.05, 3.63) is 35.9 Å². The van der Waals surface area contributed by atoms with Gasteiger partial charge in [-0.15, -0.1) is 0 Å².